The Kier molecular flexibility index (Phi) is 9.52. The fourth-order valence-corrected chi connectivity index (χ4v) is 6.00. The third kappa shape index (κ3) is 6.40. The maximum atomic E-state index is 14.6. The molecule has 0 saturated carbocycles. The lowest BCUT2D eigenvalue weighted by Crippen LogP contribution is -2.56. The third-order valence-corrected chi connectivity index (χ3v) is 8.35. The number of aromatic nitrogens is 5. The quantitative estimate of drug-likeness (QED) is 0.258. The van der Waals surface area contributed by atoms with Crippen LogP contribution in [0.2, 0.25) is 0 Å². The van der Waals surface area contributed by atoms with Crippen molar-refractivity contribution >= 4 is 27.5 Å². The van der Waals surface area contributed by atoms with Crippen LogP contribution in [0.4, 0.5) is 4.39 Å². The fourth-order valence-electron chi connectivity index (χ4n) is 4.78. The highest BCUT2D eigenvalue weighted by Crippen LogP contribution is 2.34. The number of carbonyl (C=O) groups is 1. The Labute approximate surface area is 252 Å². The van der Waals surface area contributed by atoms with E-state index >= 15 is 0 Å². The Balaban J connectivity index is 2.01. The number of methoxy groups -OCH3 is 1. The normalized spacial score (nSPS) is 12.8. The van der Waals surface area contributed by atoms with Gasteiger partial charge in [0.25, 0.3) is 5.56 Å². The van der Waals surface area contributed by atoms with Crippen LogP contribution in [-0.2, 0) is 21.6 Å². The molecule has 1 atom stereocenters. The first-order chi connectivity index (χ1) is 20.3. The molecule has 14 heteroatoms. The SMILES string of the molecule is COc1ccc(F)cc1[C@H](Cn1c(=O)n(C(C)(C)C(=O)NC(C)C)c(=O)c2c(C)c(-n3nccn3)sc21)OCCN(C)C. The minimum atomic E-state index is -1.55. The molecule has 3 aromatic heterocycles. The second kappa shape index (κ2) is 12.8. The molecule has 0 unspecified atom stereocenters. The van der Waals surface area contributed by atoms with Crippen molar-refractivity contribution in [3.8, 4) is 10.8 Å². The Morgan fingerprint density at radius 2 is 1.86 bits per heavy atom. The van der Waals surface area contributed by atoms with Gasteiger partial charge in [0.1, 0.15) is 33.0 Å². The van der Waals surface area contributed by atoms with Crippen molar-refractivity contribution in [3.05, 3.63) is 68.4 Å². The molecule has 0 aliphatic rings. The lowest BCUT2D eigenvalue weighted by molar-refractivity contribution is -0.129. The number of carbonyl (C=O) groups excluding carboxylic acids is 1. The van der Waals surface area contributed by atoms with E-state index in [4.69, 9.17) is 9.47 Å². The average Bonchev–Trinajstić information content (AvgIpc) is 3.57. The first-order valence-electron chi connectivity index (χ1n) is 13.8. The summed E-state index contributed by atoms with van der Waals surface area (Å²) in [6.07, 6.45) is 2.18. The Morgan fingerprint density at radius 1 is 1.19 bits per heavy atom. The molecule has 0 fully saturated rings. The smallest absolute Gasteiger partial charge is 0.333 e. The van der Waals surface area contributed by atoms with Gasteiger partial charge in [0.15, 0.2) is 0 Å². The Bertz CT molecular complexity index is 1720. The van der Waals surface area contributed by atoms with Crippen molar-refractivity contribution in [2.24, 2.45) is 0 Å². The summed E-state index contributed by atoms with van der Waals surface area (Å²) in [4.78, 5) is 45.5. The minimum absolute atomic E-state index is 0.101. The van der Waals surface area contributed by atoms with Gasteiger partial charge in [-0.2, -0.15) is 10.2 Å². The van der Waals surface area contributed by atoms with Crippen LogP contribution in [-0.4, -0.2) is 75.3 Å². The van der Waals surface area contributed by atoms with Crippen molar-refractivity contribution in [3.63, 3.8) is 0 Å². The van der Waals surface area contributed by atoms with Gasteiger partial charge in [-0.1, -0.05) is 11.3 Å². The summed E-state index contributed by atoms with van der Waals surface area (Å²) in [5, 5.41) is 12.1. The number of fused-ring (bicyclic) bond motifs is 1. The number of benzene rings is 1. The number of hydrogen-bond acceptors (Lipinski definition) is 9. The zero-order valence-corrected chi connectivity index (χ0v) is 26.5. The van der Waals surface area contributed by atoms with Crippen molar-refractivity contribution in [2.45, 2.75) is 58.8 Å². The molecule has 3 heterocycles. The van der Waals surface area contributed by atoms with Gasteiger partial charge in [0.05, 0.1) is 38.0 Å². The maximum Gasteiger partial charge on any atom is 0.333 e. The summed E-state index contributed by atoms with van der Waals surface area (Å²) < 4.78 is 28.7. The number of likely N-dealkylation sites (N-methyl/N-ethyl adjacent to an activating group) is 1. The summed E-state index contributed by atoms with van der Waals surface area (Å²) >= 11 is 1.17. The monoisotopic (exact) mass is 615 g/mol. The Hall–Kier alpha value is -3.88. The highest BCUT2D eigenvalue weighted by molar-refractivity contribution is 7.21. The van der Waals surface area contributed by atoms with E-state index in [1.54, 1.807) is 20.8 Å². The van der Waals surface area contributed by atoms with E-state index < -0.39 is 34.6 Å². The van der Waals surface area contributed by atoms with Crippen LogP contribution in [0.15, 0.2) is 40.2 Å². The molecule has 232 valence electrons. The molecule has 0 aliphatic heterocycles. The molecule has 0 spiro atoms. The second-order valence-electron chi connectivity index (χ2n) is 11.3. The summed E-state index contributed by atoms with van der Waals surface area (Å²) in [5.74, 6) is -0.598. The highest BCUT2D eigenvalue weighted by Gasteiger charge is 2.36. The summed E-state index contributed by atoms with van der Waals surface area (Å²) in [6, 6.07) is 3.88. The number of halogens is 1. The van der Waals surface area contributed by atoms with Crippen molar-refractivity contribution in [1.29, 1.82) is 0 Å². The van der Waals surface area contributed by atoms with Crippen LogP contribution in [0.1, 0.15) is 44.9 Å². The molecular formula is C29H38FN7O5S. The van der Waals surface area contributed by atoms with Crippen LogP contribution < -0.4 is 21.3 Å². The van der Waals surface area contributed by atoms with Crippen LogP contribution in [0.3, 0.4) is 0 Å². The summed E-state index contributed by atoms with van der Waals surface area (Å²) in [6.45, 7) is 9.14. The third-order valence-electron chi connectivity index (χ3n) is 7.07. The van der Waals surface area contributed by atoms with E-state index in [1.165, 1.54) is 72.3 Å². The molecule has 0 radical (unpaired) electrons. The van der Waals surface area contributed by atoms with Gasteiger partial charge in [-0.15, -0.1) is 4.80 Å². The van der Waals surface area contributed by atoms with Crippen LogP contribution >= 0.6 is 11.3 Å². The second-order valence-corrected chi connectivity index (χ2v) is 12.3. The topological polar surface area (TPSA) is 126 Å². The molecule has 12 nitrogen and oxygen atoms in total. The summed E-state index contributed by atoms with van der Waals surface area (Å²) in [7, 11) is 5.27. The van der Waals surface area contributed by atoms with E-state index in [0.29, 0.717) is 33.3 Å². The molecule has 0 aliphatic carbocycles. The summed E-state index contributed by atoms with van der Waals surface area (Å²) in [5.41, 5.74) is -1.92. The van der Waals surface area contributed by atoms with Crippen molar-refractivity contribution in [1.82, 2.24) is 34.3 Å². The fraction of sp³-hybridized carbons (Fsp3) is 0.483. The molecule has 4 aromatic rings. The molecule has 1 N–H and O–H groups in total. The van der Waals surface area contributed by atoms with Gasteiger partial charge in [0.2, 0.25) is 5.91 Å². The van der Waals surface area contributed by atoms with Crippen molar-refractivity contribution in [2.75, 3.05) is 34.4 Å². The predicted molar refractivity (Wildman–Crippen MR) is 163 cm³/mol. The molecule has 0 saturated heterocycles. The zero-order valence-electron chi connectivity index (χ0n) is 25.7. The van der Waals surface area contributed by atoms with Gasteiger partial charge in [-0.05, 0) is 66.9 Å². The minimum Gasteiger partial charge on any atom is -0.496 e. The van der Waals surface area contributed by atoms with Crippen LogP contribution in [0, 0.1) is 12.7 Å². The zero-order chi connectivity index (χ0) is 31.6. The standard InChI is InChI=1S/C29H38FN7O5S/c1-17(2)33-27(39)29(4,5)36-24(38)23-18(3)25(37-31-11-12-32-37)43-26(23)35(28(36)40)16-22(42-14-13-34(6)7)20-15-19(30)9-10-21(20)41-8/h9-12,15,17,22H,13-14,16H2,1-8H3,(H,33,39)/t22-/m0/s1. The van der Waals surface area contributed by atoms with E-state index in [1.807, 2.05) is 19.0 Å². The molecule has 4 rings (SSSR count). The molecule has 43 heavy (non-hydrogen) atoms. The van der Waals surface area contributed by atoms with Gasteiger partial charge in [0, 0.05) is 23.7 Å². The van der Waals surface area contributed by atoms with Crippen LogP contribution in [0.25, 0.3) is 15.2 Å². The molecule has 0 bridgehead atoms. The van der Waals surface area contributed by atoms with Gasteiger partial charge < -0.3 is 19.7 Å². The van der Waals surface area contributed by atoms with Crippen molar-refractivity contribution < 1.29 is 18.7 Å². The number of aryl methyl sites for hydroxylation is 1. The molecular weight excluding hydrogens is 577 g/mol. The predicted octanol–water partition coefficient (Wildman–Crippen LogP) is 2.84. The lowest BCUT2D eigenvalue weighted by Gasteiger charge is -2.28. The van der Waals surface area contributed by atoms with E-state index in [9.17, 15) is 18.8 Å². The largest absolute Gasteiger partial charge is 0.496 e. The van der Waals surface area contributed by atoms with Gasteiger partial charge in [-0.25, -0.2) is 13.8 Å². The van der Waals surface area contributed by atoms with E-state index in [-0.39, 0.29) is 24.6 Å². The Morgan fingerprint density at radius 3 is 2.47 bits per heavy atom. The molecule has 1 amide bonds. The molecule has 1 aromatic carbocycles. The maximum absolute atomic E-state index is 14.6. The number of hydrogen-bond donors (Lipinski definition) is 1. The van der Waals surface area contributed by atoms with Gasteiger partial charge >= 0.3 is 5.69 Å². The highest BCUT2D eigenvalue weighted by atomic mass is 32.1. The van der Waals surface area contributed by atoms with Gasteiger partial charge in [-0.3, -0.25) is 14.2 Å². The number of rotatable bonds is 12. The van der Waals surface area contributed by atoms with E-state index in [2.05, 4.69) is 15.5 Å². The average molecular weight is 616 g/mol. The van der Waals surface area contributed by atoms with E-state index in [0.717, 1.165) is 4.57 Å². The number of thiophene rings is 1. The number of amides is 1. The first-order valence-corrected chi connectivity index (χ1v) is 14.7. The van der Waals surface area contributed by atoms with Crippen LogP contribution in [0.5, 0.6) is 5.75 Å². The number of nitrogens with one attached hydrogen (secondary N) is 1. The lowest BCUT2D eigenvalue weighted by atomic mass is 10.0. The first kappa shape index (κ1) is 32.0. The number of ether oxygens (including phenoxy) is 2. The number of nitrogens with zero attached hydrogens (tertiary/aromatic N) is 6.